The van der Waals surface area contributed by atoms with Gasteiger partial charge in [-0.05, 0) is 60.5 Å². The quantitative estimate of drug-likeness (QED) is 0.278. The van der Waals surface area contributed by atoms with Crippen LogP contribution in [0, 0.1) is 12.7 Å². The van der Waals surface area contributed by atoms with E-state index in [-0.39, 0.29) is 43.1 Å². The number of halogens is 1. The van der Waals surface area contributed by atoms with Crippen LogP contribution in [0.15, 0.2) is 73.4 Å². The van der Waals surface area contributed by atoms with Crippen molar-refractivity contribution in [2.75, 3.05) is 11.9 Å². The van der Waals surface area contributed by atoms with Gasteiger partial charge in [0.2, 0.25) is 5.91 Å². The lowest BCUT2D eigenvalue weighted by molar-refractivity contribution is -0.116. The maximum absolute atomic E-state index is 14.5. The Morgan fingerprint density at radius 1 is 1.17 bits per heavy atom. The van der Waals surface area contributed by atoms with Crippen LogP contribution in [0.4, 0.5) is 10.1 Å². The molecule has 41 heavy (non-hydrogen) atoms. The molecule has 1 aliphatic rings. The molecular formula is C31H31FN6O3. The molecule has 3 N–H and O–H groups in total. The maximum atomic E-state index is 14.5. The van der Waals surface area contributed by atoms with E-state index in [0.717, 1.165) is 22.9 Å². The second-order valence-electron chi connectivity index (χ2n) is 10.2. The zero-order valence-electron chi connectivity index (χ0n) is 22.9. The number of hydrogen-bond acceptors (Lipinski definition) is 4. The predicted octanol–water partition coefficient (Wildman–Crippen LogP) is 4.52. The van der Waals surface area contributed by atoms with Crippen molar-refractivity contribution < 1.29 is 18.8 Å². The number of carbonyl (C=O) groups is 3. The number of anilines is 1. The van der Waals surface area contributed by atoms with E-state index in [1.54, 1.807) is 40.0 Å². The van der Waals surface area contributed by atoms with E-state index in [1.165, 1.54) is 6.07 Å². The Balaban J connectivity index is 1.49. The lowest BCUT2D eigenvalue weighted by atomic mass is 9.95. The molecule has 9 nitrogen and oxygen atoms in total. The Bertz CT molecular complexity index is 1620. The molecule has 0 aliphatic carbocycles. The Hall–Kier alpha value is -4.99. The highest BCUT2D eigenvalue weighted by Crippen LogP contribution is 2.32. The molecule has 1 unspecified atom stereocenters. The Labute approximate surface area is 237 Å². The van der Waals surface area contributed by atoms with Gasteiger partial charge in [0.25, 0.3) is 11.8 Å². The number of rotatable bonds is 8. The fourth-order valence-electron chi connectivity index (χ4n) is 5.19. The van der Waals surface area contributed by atoms with Crippen molar-refractivity contribution in [1.29, 1.82) is 0 Å². The third kappa shape index (κ3) is 5.96. The number of aryl methyl sites for hydroxylation is 1. The van der Waals surface area contributed by atoms with Gasteiger partial charge in [-0.1, -0.05) is 31.7 Å². The van der Waals surface area contributed by atoms with E-state index in [9.17, 15) is 18.8 Å². The highest BCUT2D eigenvalue weighted by atomic mass is 19.1. The molecule has 0 saturated heterocycles. The first-order valence-corrected chi connectivity index (χ1v) is 13.3. The van der Waals surface area contributed by atoms with Gasteiger partial charge in [-0.15, -0.1) is 0 Å². The van der Waals surface area contributed by atoms with E-state index in [2.05, 4.69) is 22.2 Å². The third-order valence-corrected chi connectivity index (χ3v) is 7.09. The summed E-state index contributed by atoms with van der Waals surface area (Å²) in [4.78, 5) is 43.1. The minimum atomic E-state index is -0.439. The highest BCUT2D eigenvalue weighted by molar-refractivity contribution is 6.04. The first-order chi connectivity index (χ1) is 19.7. The van der Waals surface area contributed by atoms with Crippen molar-refractivity contribution in [3.8, 4) is 0 Å². The molecule has 3 amide bonds. The van der Waals surface area contributed by atoms with Crippen LogP contribution in [0.2, 0.25) is 0 Å². The topological polar surface area (TPSA) is 112 Å². The Morgan fingerprint density at radius 3 is 2.73 bits per heavy atom. The molecule has 0 bridgehead atoms. The van der Waals surface area contributed by atoms with E-state index in [1.807, 2.05) is 38.1 Å². The highest BCUT2D eigenvalue weighted by Gasteiger charge is 2.34. The normalized spacial score (nSPS) is 14.3. The summed E-state index contributed by atoms with van der Waals surface area (Å²) in [5.41, 5.74) is 4.96. The fraction of sp³-hybridized carbons (Fsp3) is 0.226. The summed E-state index contributed by atoms with van der Waals surface area (Å²) in [6.07, 6.45) is 2.83. The van der Waals surface area contributed by atoms with Crippen molar-refractivity contribution in [2.24, 2.45) is 0 Å². The zero-order valence-corrected chi connectivity index (χ0v) is 22.9. The molecule has 210 valence electrons. The van der Waals surface area contributed by atoms with Crippen LogP contribution >= 0.6 is 0 Å². The Morgan fingerprint density at radius 2 is 2.00 bits per heavy atom. The monoisotopic (exact) mass is 554 g/mol. The fourth-order valence-corrected chi connectivity index (χ4v) is 5.19. The predicted molar refractivity (Wildman–Crippen MR) is 153 cm³/mol. The molecule has 1 aliphatic heterocycles. The van der Waals surface area contributed by atoms with Gasteiger partial charge in [-0.2, -0.15) is 5.10 Å². The first kappa shape index (κ1) is 27.6. The number of aromatic nitrogens is 3. The van der Waals surface area contributed by atoms with Crippen molar-refractivity contribution in [2.45, 2.75) is 39.4 Å². The van der Waals surface area contributed by atoms with Gasteiger partial charge in [-0.25, -0.2) is 4.39 Å². The number of fused-ring (bicyclic) bond motifs is 1. The summed E-state index contributed by atoms with van der Waals surface area (Å²) in [5, 5.41) is 10.3. The SMILES string of the molecule is C=CC(=O)NCc1cc(Cn2nc(C(=O)Nc3cccc(C)c3)c3c2C(C)CN(C(=O)c2ccc[nH]2)C3)ccc1F. The lowest BCUT2D eigenvalue weighted by Gasteiger charge is -2.32. The molecular weight excluding hydrogens is 523 g/mol. The maximum Gasteiger partial charge on any atom is 0.276 e. The van der Waals surface area contributed by atoms with Crippen LogP contribution in [0.3, 0.4) is 0 Å². The number of H-pyrrole nitrogens is 1. The van der Waals surface area contributed by atoms with Gasteiger partial charge in [0.15, 0.2) is 5.69 Å². The second-order valence-corrected chi connectivity index (χ2v) is 10.2. The Kier molecular flexibility index (Phi) is 7.82. The van der Waals surface area contributed by atoms with Crippen LogP contribution in [-0.4, -0.2) is 43.9 Å². The number of nitrogens with one attached hydrogen (secondary N) is 3. The second kappa shape index (κ2) is 11.6. The smallest absolute Gasteiger partial charge is 0.276 e. The van der Waals surface area contributed by atoms with Crippen LogP contribution in [-0.2, 0) is 24.4 Å². The van der Waals surface area contributed by atoms with Gasteiger partial charge in [0, 0.05) is 47.7 Å². The summed E-state index contributed by atoms with van der Waals surface area (Å²) in [6, 6.07) is 15.7. The molecule has 5 rings (SSSR count). The van der Waals surface area contributed by atoms with Crippen LogP contribution in [0.1, 0.15) is 61.8 Å². The lowest BCUT2D eigenvalue weighted by Crippen LogP contribution is -2.38. The van der Waals surface area contributed by atoms with Gasteiger partial charge in [-0.3, -0.25) is 19.1 Å². The minimum absolute atomic E-state index is 0.0120. The minimum Gasteiger partial charge on any atom is -0.357 e. The van der Waals surface area contributed by atoms with E-state index in [0.29, 0.717) is 29.1 Å². The number of amides is 3. The number of hydrogen-bond donors (Lipinski definition) is 3. The van der Waals surface area contributed by atoms with Crippen molar-refractivity contribution in [3.63, 3.8) is 0 Å². The molecule has 4 aromatic rings. The van der Waals surface area contributed by atoms with Crippen molar-refractivity contribution >= 4 is 23.4 Å². The van der Waals surface area contributed by atoms with Gasteiger partial charge in [0.1, 0.15) is 11.5 Å². The average Bonchev–Trinajstić information content (AvgIpc) is 3.62. The standard InChI is InChI=1S/C31H31FN6O3/c1-4-27(39)34-15-22-14-21(10-11-25(22)32)17-38-29-20(3)16-37(31(41)26-9-6-12-33-26)18-24(29)28(36-38)30(40)35-23-8-5-7-19(2)13-23/h4-14,20,33H,1,15-18H2,2-3H3,(H,34,39)(H,35,40). The first-order valence-electron chi connectivity index (χ1n) is 13.3. The molecule has 10 heteroatoms. The number of aromatic amines is 1. The average molecular weight is 555 g/mol. The van der Waals surface area contributed by atoms with Gasteiger partial charge in [0.05, 0.1) is 13.1 Å². The molecule has 0 spiro atoms. The number of benzene rings is 2. The molecule has 0 fully saturated rings. The van der Waals surface area contributed by atoms with Crippen molar-refractivity contribution in [3.05, 3.63) is 119 Å². The van der Waals surface area contributed by atoms with E-state index in [4.69, 9.17) is 5.10 Å². The van der Waals surface area contributed by atoms with E-state index >= 15 is 0 Å². The number of nitrogens with zero attached hydrogens (tertiary/aromatic N) is 3. The molecule has 2 aromatic heterocycles. The summed E-state index contributed by atoms with van der Waals surface area (Å²) in [6.45, 7) is 8.30. The molecule has 0 saturated carbocycles. The third-order valence-electron chi connectivity index (χ3n) is 7.09. The van der Waals surface area contributed by atoms with Gasteiger partial charge >= 0.3 is 0 Å². The number of carbonyl (C=O) groups excluding carboxylic acids is 3. The van der Waals surface area contributed by atoms with Crippen molar-refractivity contribution in [1.82, 2.24) is 25.0 Å². The summed E-state index contributed by atoms with van der Waals surface area (Å²) in [5.74, 6) is -1.50. The molecule has 2 aromatic carbocycles. The summed E-state index contributed by atoms with van der Waals surface area (Å²) >= 11 is 0. The van der Waals surface area contributed by atoms with Crippen LogP contribution in [0.25, 0.3) is 0 Å². The largest absolute Gasteiger partial charge is 0.357 e. The molecule has 0 radical (unpaired) electrons. The van der Waals surface area contributed by atoms with Gasteiger partial charge < -0.3 is 20.5 Å². The zero-order chi connectivity index (χ0) is 29.1. The van der Waals surface area contributed by atoms with E-state index < -0.39 is 11.7 Å². The molecule has 1 atom stereocenters. The summed E-state index contributed by atoms with van der Waals surface area (Å²) < 4.78 is 16.3. The van der Waals surface area contributed by atoms with Crippen LogP contribution in [0.5, 0.6) is 0 Å². The van der Waals surface area contributed by atoms with Crippen LogP contribution < -0.4 is 10.6 Å². The molecule has 3 heterocycles. The summed E-state index contributed by atoms with van der Waals surface area (Å²) in [7, 11) is 0.